The molecular formula is C18H17N5O3S. The molecule has 8 nitrogen and oxygen atoms in total. The lowest BCUT2D eigenvalue weighted by molar-refractivity contribution is -0.384. The van der Waals surface area contributed by atoms with Gasteiger partial charge in [0.2, 0.25) is 0 Å². The number of aromatic nitrogens is 2. The molecule has 0 spiro atoms. The minimum absolute atomic E-state index is 0.00592. The summed E-state index contributed by atoms with van der Waals surface area (Å²) in [6.45, 7) is 2.80. The van der Waals surface area contributed by atoms with Crippen LogP contribution in [0.4, 0.5) is 5.69 Å². The molecule has 0 saturated heterocycles. The van der Waals surface area contributed by atoms with Crippen molar-refractivity contribution in [2.75, 3.05) is 5.75 Å². The van der Waals surface area contributed by atoms with E-state index in [0.717, 1.165) is 22.7 Å². The van der Waals surface area contributed by atoms with Crippen LogP contribution < -0.4 is 5.43 Å². The summed E-state index contributed by atoms with van der Waals surface area (Å²) in [6.07, 6.45) is 1.44. The average Bonchev–Trinajstić information content (AvgIpc) is 3.04. The molecule has 1 amide bonds. The van der Waals surface area contributed by atoms with Crippen LogP contribution in [0.15, 0.2) is 58.8 Å². The first-order chi connectivity index (χ1) is 13.1. The standard InChI is InChI=1S/C18H17N5O3S/c1-2-22-16-6-4-3-5-15(16)20-18(22)27-12-17(24)21-19-11-13-7-9-14(10-8-13)23(25)26/h3-11H,2,12H2,1H3,(H,21,24). The Morgan fingerprint density at radius 2 is 2.04 bits per heavy atom. The second kappa shape index (κ2) is 8.45. The van der Waals surface area contributed by atoms with E-state index in [2.05, 4.69) is 20.1 Å². The molecule has 0 bridgehead atoms. The van der Waals surface area contributed by atoms with Crippen molar-refractivity contribution in [3.05, 3.63) is 64.2 Å². The molecule has 0 aliphatic carbocycles. The zero-order valence-corrected chi connectivity index (χ0v) is 15.3. The van der Waals surface area contributed by atoms with E-state index in [0.29, 0.717) is 5.56 Å². The highest BCUT2D eigenvalue weighted by atomic mass is 32.2. The number of amides is 1. The SMILES string of the molecule is CCn1c(SCC(=O)NN=Cc2ccc([N+](=O)[O-])cc2)nc2ccccc21. The quantitative estimate of drug-likeness (QED) is 0.292. The maximum Gasteiger partial charge on any atom is 0.269 e. The highest BCUT2D eigenvalue weighted by molar-refractivity contribution is 7.99. The molecule has 9 heteroatoms. The smallest absolute Gasteiger partial charge is 0.269 e. The molecule has 2 aromatic carbocycles. The average molecular weight is 383 g/mol. The number of para-hydroxylation sites is 2. The fraction of sp³-hybridized carbons (Fsp3) is 0.167. The molecule has 0 aliphatic rings. The second-order valence-corrected chi connectivity index (χ2v) is 6.50. The third kappa shape index (κ3) is 4.50. The summed E-state index contributed by atoms with van der Waals surface area (Å²) in [5.74, 6) is -0.0751. The van der Waals surface area contributed by atoms with Crippen molar-refractivity contribution in [2.24, 2.45) is 5.10 Å². The topological polar surface area (TPSA) is 102 Å². The molecule has 1 aromatic heterocycles. The highest BCUT2D eigenvalue weighted by Crippen LogP contribution is 2.23. The lowest BCUT2D eigenvalue weighted by Crippen LogP contribution is -2.20. The molecule has 0 fully saturated rings. The van der Waals surface area contributed by atoms with Gasteiger partial charge in [0.05, 0.1) is 27.9 Å². The van der Waals surface area contributed by atoms with Crippen molar-refractivity contribution in [3.63, 3.8) is 0 Å². The number of benzene rings is 2. The van der Waals surface area contributed by atoms with Gasteiger partial charge in [-0.2, -0.15) is 5.10 Å². The van der Waals surface area contributed by atoms with Gasteiger partial charge in [0.25, 0.3) is 11.6 Å². The van der Waals surface area contributed by atoms with E-state index in [1.54, 1.807) is 12.1 Å². The number of nitro groups is 1. The number of hydrogen-bond donors (Lipinski definition) is 1. The Kier molecular flexibility index (Phi) is 5.82. The monoisotopic (exact) mass is 383 g/mol. The van der Waals surface area contributed by atoms with Crippen LogP contribution in [0.1, 0.15) is 12.5 Å². The first kappa shape index (κ1) is 18.6. The van der Waals surface area contributed by atoms with Crippen LogP contribution >= 0.6 is 11.8 Å². The molecule has 0 aliphatic heterocycles. The van der Waals surface area contributed by atoms with Crippen LogP contribution in [-0.4, -0.2) is 32.3 Å². The summed E-state index contributed by atoms with van der Waals surface area (Å²) in [5.41, 5.74) is 5.05. The molecule has 3 aromatic rings. The fourth-order valence-corrected chi connectivity index (χ4v) is 3.36. The number of hydrazone groups is 1. The summed E-state index contributed by atoms with van der Waals surface area (Å²) >= 11 is 1.35. The number of hydrogen-bond acceptors (Lipinski definition) is 6. The van der Waals surface area contributed by atoms with Crippen molar-refractivity contribution in [1.82, 2.24) is 15.0 Å². The van der Waals surface area contributed by atoms with Crippen LogP contribution in [0.5, 0.6) is 0 Å². The van der Waals surface area contributed by atoms with Gasteiger partial charge in [-0.25, -0.2) is 10.4 Å². The molecule has 1 N–H and O–H groups in total. The number of carbonyl (C=O) groups is 1. The van der Waals surface area contributed by atoms with Gasteiger partial charge in [-0.15, -0.1) is 0 Å². The molecule has 0 radical (unpaired) electrons. The number of aryl methyl sites for hydroxylation is 1. The number of carbonyl (C=O) groups excluding carboxylic acids is 1. The van der Waals surface area contributed by atoms with E-state index >= 15 is 0 Å². The van der Waals surface area contributed by atoms with Gasteiger partial charge >= 0.3 is 0 Å². The summed E-state index contributed by atoms with van der Waals surface area (Å²) in [5, 5.41) is 15.3. The third-order valence-electron chi connectivity index (χ3n) is 3.77. The van der Waals surface area contributed by atoms with Gasteiger partial charge in [-0.05, 0) is 36.8 Å². The van der Waals surface area contributed by atoms with E-state index < -0.39 is 4.92 Å². The Bertz CT molecular complexity index is 998. The first-order valence-corrected chi connectivity index (χ1v) is 9.21. The van der Waals surface area contributed by atoms with Crippen LogP contribution in [-0.2, 0) is 11.3 Å². The molecular weight excluding hydrogens is 366 g/mol. The minimum atomic E-state index is -0.469. The molecule has 3 rings (SSSR count). The van der Waals surface area contributed by atoms with Gasteiger partial charge < -0.3 is 4.57 Å². The number of fused-ring (bicyclic) bond motifs is 1. The zero-order valence-electron chi connectivity index (χ0n) is 14.5. The first-order valence-electron chi connectivity index (χ1n) is 8.23. The Morgan fingerprint density at radius 3 is 2.74 bits per heavy atom. The van der Waals surface area contributed by atoms with Crippen LogP contribution in [0.25, 0.3) is 11.0 Å². The predicted molar refractivity (Wildman–Crippen MR) is 105 cm³/mol. The molecule has 1 heterocycles. The Hall–Kier alpha value is -3.20. The van der Waals surface area contributed by atoms with E-state index in [4.69, 9.17) is 0 Å². The number of non-ortho nitro benzene ring substituents is 1. The zero-order chi connectivity index (χ0) is 19.2. The van der Waals surface area contributed by atoms with Gasteiger partial charge in [0, 0.05) is 18.7 Å². The van der Waals surface area contributed by atoms with Crippen molar-refractivity contribution in [3.8, 4) is 0 Å². The van der Waals surface area contributed by atoms with Crippen LogP contribution in [0.3, 0.4) is 0 Å². The van der Waals surface area contributed by atoms with E-state index in [1.165, 1.54) is 30.1 Å². The Balaban J connectivity index is 1.56. The molecule has 0 unspecified atom stereocenters. The van der Waals surface area contributed by atoms with Gasteiger partial charge in [0.15, 0.2) is 5.16 Å². The fourth-order valence-electron chi connectivity index (χ4n) is 2.49. The molecule has 0 saturated carbocycles. The number of nitrogens with zero attached hydrogens (tertiary/aromatic N) is 4. The summed E-state index contributed by atoms with van der Waals surface area (Å²) in [6, 6.07) is 13.7. The maximum absolute atomic E-state index is 12.0. The van der Waals surface area contributed by atoms with Gasteiger partial charge in [-0.1, -0.05) is 23.9 Å². The molecule has 0 atom stereocenters. The van der Waals surface area contributed by atoms with Crippen LogP contribution in [0, 0.1) is 10.1 Å². The summed E-state index contributed by atoms with van der Waals surface area (Å²) in [7, 11) is 0. The van der Waals surface area contributed by atoms with E-state index in [1.807, 2.05) is 31.2 Å². The highest BCUT2D eigenvalue weighted by Gasteiger charge is 2.11. The predicted octanol–water partition coefficient (Wildman–Crippen LogP) is 3.21. The number of nitro benzene ring substituents is 1. The lowest BCUT2D eigenvalue weighted by Gasteiger charge is -2.04. The number of nitrogens with one attached hydrogen (secondary N) is 1. The lowest BCUT2D eigenvalue weighted by atomic mass is 10.2. The van der Waals surface area contributed by atoms with Crippen molar-refractivity contribution in [2.45, 2.75) is 18.6 Å². The van der Waals surface area contributed by atoms with Crippen LogP contribution in [0.2, 0.25) is 0 Å². The normalized spacial score (nSPS) is 11.1. The van der Waals surface area contributed by atoms with Gasteiger partial charge in [0.1, 0.15) is 0 Å². The van der Waals surface area contributed by atoms with Gasteiger partial charge in [-0.3, -0.25) is 14.9 Å². The Morgan fingerprint density at radius 1 is 1.30 bits per heavy atom. The Labute approximate surface area is 159 Å². The number of rotatable bonds is 7. The maximum atomic E-state index is 12.0. The van der Waals surface area contributed by atoms with Crippen molar-refractivity contribution >= 4 is 40.6 Å². The molecule has 27 heavy (non-hydrogen) atoms. The second-order valence-electron chi connectivity index (χ2n) is 5.56. The van der Waals surface area contributed by atoms with Crippen molar-refractivity contribution < 1.29 is 9.72 Å². The number of thioether (sulfide) groups is 1. The number of imidazole rings is 1. The molecule has 138 valence electrons. The third-order valence-corrected chi connectivity index (χ3v) is 4.75. The van der Waals surface area contributed by atoms with E-state index in [-0.39, 0.29) is 17.3 Å². The summed E-state index contributed by atoms with van der Waals surface area (Å²) in [4.78, 5) is 26.7. The van der Waals surface area contributed by atoms with Crippen molar-refractivity contribution in [1.29, 1.82) is 0 Å². The largest absolute Gasteiger partial charge is 0.319 e. The minimum Gasteiger partial charge on any atom is -0.319 e. The summed E-state index contributed by atoms with van der Waals surface area (Å²) < 4.78 is 2.06. The van der Waals surface area contributed by atoms with E-state index in [9.17, 15) is 14.9 Å².